The smallest absolute Gasteiger partial charge is 0.229 e. The molecule has 1 heterocycles. The second-order valence-electron chi connectivity index (χ2n) is 6.99. The van der Waals surface area contributed by atoms with E-state index in [0.29, 0.717) is 22.9 Å². The Labute approximate surface area is 181 Å². The summed E-state index contributed by atoms with van der Waals surface area (Å²) >= 11 is 0. The van der Waals surface area contributed by atoms with Crippen molar-refractivity contribution in [1.82, 2.24) is 4.57 Å². The van der Waals surface area contributed by atoms with Gasteiger partial charge in [-0.2, -0.15) is 5.26 Å². The fourth-order valence-electron chi connectivity index (χ4n) is 3.47. The number of carbonyl (C=O) groups excluding carboxylic acids is 1. The summed E-state index contributed by atoms with van der Waals surface area (Å²) in [6, 6.07) is 15.0. The maximum atomic E-state index is 12.9. The largest absolute Gasteiger partial charge is 0.497 e. The lowest BCUT2D eigenvalue weighted by atomic mass is 10.1. The van der Waals surface area contributed by atoms with Crippen molar-refractivity contribution in [3.63, 3.8) is 0 Å². The lowest BCUT2D eigenvalue weighted by Gasteiger charge is -2.14. The average molecular weight is 419 g/mol. The van der Waals surface area contributed by atoms with E-state index in [1.165, 1.54) is 0 Å². The van der Waals surface area contributed by atoms with Gasteiger partial charge >= 0.3 is 0 Å². The van der Waals surface area contributed by atoms with E-state index in [4.69, 9.17) is 14.2 Å². The van der Waals surface area contributed by atoms with Gasteiger partial charge in [-0.25, -0.2) is 0 Å². The molecule has 31 heavy (non-hydrogen) atoms. The predicted octanol–water partition coefficient (Wildman–Crippen LogP) is 4.17. The molecular formula is C24H25N3O4. The van der Waals surface area contributed by atoms with Gasteiger partial charge in [-0.1, -0.05) is 6.07 Å². The first kappa shape index (κ1) is 21.8. The van der Waals surface area contributed by atoms with Crippen molar-refractivity contribution < 1.29 is 19.0 Å². The van der Waals surface area contributed by atoms with Crippen molar-refractivity contribution in [2.24, 2.45) is 0 Å². The normalized spacial score (nSPS) is 10.3. The molecule has 0 aliphatic carbocycles. The summed E-state index contributed by atoms with van der Waals surface area (Å²) in [4.78, 5) is 12.9. The lowest BCUT2D eigenvalue weighted by molar-refractivity contribution is -0.115. The molecule has 1 aromatic heterocycles. The number of hydrogen-bond donors (Lipinski definition) is 1. The van der Waals surface area contributed by atoms with E-state index < -0.39 is 0 Å². The number of hydrogen-bond acceptors (Lipinski definition) is 5. The number of carbonyl (C=O) groups is 1. The van der Waals surface area contributed by atoms with Gasteiger partial charge in [0.1, 0.15) is 17.6 Å². The van der Waals surface area contributed by atoms with Crippen LogP contribution in [0.3, 0.4) is 0 Å². The monoisotopic (exact) mass is 419 g/mol. The second kappa shape index (κ2) is 9.26. The molecule has 0 bridgehead atoms. The highest BCUT2D eigenvalue weighted by molar-refractivity contribution is 5.93. The molecule has 0 atom stereocenters. The van der Waals surface area contributed by atoms with Gasteiger partial charge in [-0.3, -0.25) is 9.36 Å². The fraction of sp³-hybridized carbons (Fsp3) is 0.250. The molecule has 1 N–H and O–H groups in total. The zero-order valence-corrected chi connectivity index (χ0v) is 18.3. The topological polar surface area (TPSA) is 85.5 Å². The Morgan fingerprint density at radius 1 is 1.00 bits per heavy atom. The first-order chi connectivity index (χ1) is 14.9. The molecule has 7 heteroatoms. The molecule has 3 aromatic rings. The third kappa shape index (κ3) is 4.33. The van der Waals surface area contributed by atoms with Crippen LogP contribution in [0.4, 0.5) is 5.82 Å². The van der Waals surface area contributed by atoms with Crippen LogP contribution in [0.2, 0.25) is 0 Å². The van der Waals surface area contributed by atoms with Crippen molar-refractivity contribution in [2.75, 3.05) is 26.6 Å². The number of amides is 1. The van der Waals surface area contributed by atoms with E-state index in [9.17, 15) is 10.1 Å². The third-order valence-corrected chi connectivity index (χ3v) is 5.23. The molecule has 7 nitrogen and oxygen atoms in total. The highest BCUT2D eigenvalue weighted by Gasteiger charge is 2.21. The quantitative estimate of drug-likeness (QED) is 0.621. The van der Waals surface area contributed by atoms with Crippen molar-refractivity contribution in [3.8, 4) is 29.0 Å². The number of rotatable bonds is 7. The third-order valence-electron chi connectivity index (χ3n) is 5.23. The minimum Gasteiger partial charge on any atom is -0.497 e. The Balaban J connectivity index is 1.94. The van der Waals surface area contributed by atoms with Crippen LogP contribution in [0.25, 0.3) is 5.69 Å². The number of ether oxygens (including phenoxy) is 3. The summed E-state index contributed by atoms with van der Waals surface area (Å²) in [5.41, 5.74) is 3.73. The second-order valence-corrected chi connectivity index (χ2v) is 6.99. The maximum Gasteiger partial charge on any atom is 0.229 e. The lowest BCUT2D eigenvalue weighted by Crippen LogP contribution is -2.18. The van der Waals surface area contributed by atoms with E-state index in [1.54, 1.807) is 33.5 Å². The van der Waals surface area contributed by atoms with E-state index >= 15 is 0 Å². The standard InChI is InChI=1S/C24H25N3O4/c1-15-16(2)27(18-7-9-19(29-3)10-8-18)24(20(15)14-25)26-23(28)13-17-6-11-21(30-4)22(12-17)31-5/h6-12H,13H2,1-5H3,(H,26,28). The van der Waals surface area contributed by atoms with Crippen LogP contribution in [-0.4, -0.2) is 31.8 Å². The van der Waals surface area contributed by atoms with Crippen LogP contribution < -0.4 is 19.5 Å². The van der Waals surface area contributed by atoms with Crippen LogP contribution >= 0.6 is 0 Å². The molecule has 0 unspecified atom stereocenters. The van der Waals surface area contributed by atoms with Crippen LogP contribution in [0, 0.1) is 25.2 Å². The van der Waals surface area contributed by atoms with Crippen LogP contribution in [-0.2, 0) is 11.2 Å². The van der Waals surface area contributed by atoms with Crippen molar-refractivity contribution >= 4 is 11.7 Å². The molecule has 2 aromatic carbocycles. The molecule has 0 aliphatic rings. The van der Waals surface area contributed by atoms with Gasteiger partial charge in [-0.15, -0.1) is 0 Å². The van der Waals surface area contributed by atoms with E-state index in [-0.39, 0.29) is 12.3 Å². The Morgan fingerprint density at radius 3 is 2.26 bits per heavy atom. The minimum absolute atomic E-state index is 0.122. The molecular weight excluding hydrogens is 394 g/mol. The number of aromatic nitrogens is 1. The number of benzene rings is 2. The Kier molecular flexibility index (Phi) is 6.51. The van der Waals surface area contributed by atoms with Gasteiger partial charge in [0.25, 0.3) is 0 Å². The number of anilines is 1. The molecule has 1 amide bonds. The van der Waals surface area contributed by atoms with Crippen molar-refractivity contribution in [3.05, 3.63) is 64.8 Å². The van der Waals surface area contributed by atoms with Gasteiger partial charge in [0, 0.05) is 11.4 Å². The SMILES string of the molecule is COc1ccc(-n2c(C)c(C)c(C#N)c2NC(=O)Cc2ccc(OC)c(OC)c2)cc1. The highest BCUT2D eigenvalue weighted by Crippen LogP contribution is 2.31. The molecule has 0 aliphatic heterocycles. The van der Waals surface area contributed by atoms with Gasteiger partial charge in [0.05, 0.1) is 33.3 Å². The summed E-state index contributed by atoms with van der Waals surface area (Å²) in [5, 5.41) is 12.7. The fourth-order valence-corrected chi connectivity index (χ4v) is 3.47. The maximum absolute atomic E-state index is 12.9. The first-order valence-electron chi connectivity index (χ1n) is 9.70. The number of nitriles is 1. The average Bonchev–Trinajstić information content (AvgIpc) is 3.02. The van der Waals surface area contributed by atoms with E-state index in [0.717, 1.165) is 28.3 Å². The molecule has 3 rings (SSSR count). The Bertz CT molecular complexity index is 1140. The van der Waals surface area contributed by atoms with Crippen molar-refractivity contribution in [1.29, 1.82) is 5.26 Å². The minimum atomic E-state index is -0.240. The van der Waals surface area contributed by atoms with Gasteiger partial charge in [0.15, 0.2) is 11.5 Å². The molecule has 0 fully saturated rings. The Hall–Kier alpha value is -3.92. The molecule has 0 radical (unpaired) electrons. The molecule has 0 spiro atoms. The van der Waals surface area contributed by atoms with Gasteiger partial charge in [0.2, 0.25) is 5.91 Å². The first-order valence-corrected chi connectivity index (χ1v) is 9.70. The summed E-state index contributed by atoms with van der Waals surface area (Å²) in [6.07, 6.45) is 0.122. The predicted molar refractivity (Wildman–Crippen MR) is 118 cm³/mol. The Morgan fingerprint density at radius 2 is 1.68 bits per heavy atom. The van der Waals surface area contributed by atoms with E-state index in [1.807, 2.05) is 48.7 Å². The number of nitrogens with one attached hydrogen (secondary N) is 1. The molecule has 160 valence electrons. The van der Waals surface area contributed by atoms with E-state index in [2.05, 4.69) is 11.4 Å². The number of nitrogens with zero attached hydrogens (tertiary/aromatic N) is 2. The van der Waals surface area contributed by atoms with Crippen LogP contribution in [0.5, 0.6) is 17.2 Å². The zero-order valence-electron chi connectivity index (χ0n) is 18.3. The summed E-state index contributed by atoms with van der Waals surface area (Å²) in [7, 11) is 4.72. The number of methoxy groups -OCH3 is 3. The highest BCUT2D eigenvalue weighted by atomic mass is 16.5. The van der Waals surface area contributed by atoms with Gasteiger partial charge < -0.3 is 19.5 Å². The molecule has 0 saturated carbocycles. The zero-order chi connectivity index (χ0) is 22.5. The van der Waals surface area contributed by atoms with Crippen LogP contribution in [0.1, 0.15) is 22.4 Å². The van der Waals surface area contributed by atoms with Crippen LogP contribution in [0.15, 0.2) is 42.5 Å². The summed E-state index contributed by atoms with van der Waals surface area (Å²) < 4.78 is 17.7. The van der Waals surface area contributed by atoms with Crippen molar-refractivity contribution in [2.45, 2.75) is 20.3 Å². The summed E-state index contributed by atoms with van der Waals surface area (Å²) in [6.45, 7) is 3.79. The van der Waals surface area contributed by atoms with Gasteiger partial charge in [-0.05, 0) is 61.4 Å². The summed E-state index contributed by atoms with van der Waals surface area (Å²) in [5.74, 6) is 2.09. The molecule has 0 saturated heterocycles.